The summed E-state index contributed by atoms with van der Waals surface area (Å²) in [5, 5.41) is 11.1. The highest BCUT2D eigenvalue weighted by Gasteiger charge is 2.36. The standard InChI is InChI=1S/C25H25N7O3S/c33-21-7-3-6-20-17-10-15(13-32(20)21)12-31(14-17)25(35)28-24-22(29-30-36-24)23(34)26-9-8-16-11-27-19-5-2-1-4-18(16)19/h1-7,11,15,17,27H,8-10,12-14H2,(H,26,34)(H,28,35)/t15-,17-/m1/s1. The Morgan fingerprint density at radius 2 is 2.00 bits per heavy atom. The largest absolute Gasteiger partial charge is 0.361 e. The lowest BCUT2D eigenvalue weighted by Gasteiger charge is -2.42. The molecule has 3 aromatic heterocycles. The van der Waals surface area contributed by atoms with E-state index < -0.39 is 0 Å². The number of anilines is 1. The van der Waals surface area contributed by atoms with Gasteiger partial charge in [0.05, 0.1) is 0 Å². The van der Waals surface area contributed by atoms with Crippen LogP contribution in [-0.2, 0) is 13.0 Å². The number of carbonyl (C=O) groups excluding carboxylic acids is 2. The number of urea groups is 1. The average Bonchev–Trinajstić information content (AvgIpc) is 3.52. The molecule has 10 nitrogen and oxygen atoms in total. The Labute approximate surface area is 210 Å². The zero-order chi connectivity index (χ0) is 24.6. The van der Waals surface area contributed by atoms with E-state index in [9.17, 15) is 14.4 Å². The molecule has 2 atom stereocenters. The topological polar surface area (TPSA) is 125 Å². The minimum absolute atomic E-state index is 0.0104. The van der Waals surface area contributed by atoms with Crippen LogP contribution in [0.1, 0.15) is 34.1 Å². The van der Waals surface area contributed by atoms with Crippen LogP contribution in [0, 0.1) is 5.92 Å². The second kappa shape index (κ2) is 9.23. The molecule has 4 aromatic rings. The summed E-state index contributed by atoms with van der Waals surface area (Å²) >= 11 is 0.984. The van der Waals surface area contributed by atoms with Crippen LogP contribution in [0.4, 0.5) is 9.80 Å². The highest BCUT2D eigenvalue weighted by molar-refractivity contribution is 7.10. The Morgan fingerprint density at radius 1 is 1.11 bits per heavy atom. The van der Waals surface area contributed by atoms with E-state index in [0.717, 1.165) is 40.1 Å². The summed E-state index contributed by atoms with van der Waals surface area (Å²) in [4.78, 5) is 43.1. The molecule has 1 fully saturated rings. The molecule has 5 heterocycles. The number of pyridine rings is 1. The van der Waals surface area contributed by atoms with Crippen LogP contribution >= 0.6 is 11.5 Å². The van der Waals surface area contributed by atoms with Gasteiger partial charge in [0, 0.05) is 72.5 Å². The number of nitrogens with one attached hydrogen (secondary N) is 3. The van der Waals surface area contributed by atoms with E-state index in [4.69, 9.17) is 0 Å². The Hall–Kier alpha value is -3.99. The summed E-state index contributed by atoms with van der Waals surface area (Å²) in [6.07, 6.45) is 3.57. The van der Waals surface area contributed by atoms with Gasteiger partial charge >= 0.3 is 6.03 Å². The number of H-pyrrole nitrogens is 1. The molecular formula is C25H25N7O3S. The first-order valence-electron chi connectivity index (χ1n) is 12.0. The van der Waals surface area contributed by atoms with Gasteiger partial charge in [-0.25, -0.2) is 4.79 Å². The quantitative estimate of drug-likeness (QED) is 0.386. The second-order valence-corrected chi connectivity index (χ2v) is 10.1. The van der Waals surface area contributed by atoms with Gasteiger partial charge in [0.25, 0.3) is 11.5 Å². The number of fused-ring (bicyclic) bond motifs is 5. The number of amides is 3. The molecule has 2 aliphatic heterocycles. The Kier molecular flexibility index (Phi) is 5.76. The highest BCUT2D eigenvalue weighted by atomic mass is 32.1. The summed E-state index contributed by atoms with van der Waals surface area (Å²) in [5.41, 5.74) is 3.28. The monoisotopic (exact) mass is 503 g/mol. The molecule has 0 radical (unpaired) electrons. The number of rotatable bonds is 5. The lowest BCUT2D eigenvalue weighted by atomic mass is 9.83. The number of hydrogen-bond donors (Lipinski definition) is 3. The van der Waals surface area contributed by atoms with E-state index in [0.29, 0.717) is 37.6 Å². The number of piperidine rings is 1. The maximum Gasteiger partial charge on any atom is 0.322 e. The van der Waals surface area contributed by atoms with E-state index in [-0.39, 0.29) is 35.0 Å². The number of benzene rings is 1. The molecule has 0 unspecified atom stereocenters. The third-order valence-corrected chi connectivity index (χ3v) is 7.69. The van der Waals surface area contributed by atoms with Gasteiger partial charge in [-0.15, -0.1) is 5.10 Å². The number of aromatic amines is 1. The summed E-state index contributed by atoms with van der Waals surface area (Å²) in [7, 11) is 0. The van der Waals surface area contributed by atoms with Crippen molar-refractivity contribution >= 4 is 39.4 Å². The van der Waals surface area contributed by atoms with Crippen LogP contribution in [0.2, 0.25) is 0 Å². The van der Waals surface area contributed by atoms with Crippen molar-refractivity contribution in [3.63, 3.8) is 0 Å². The molecule has 11 heteroatoms. The molecule has 6 rings (SSSR count). The van der Waals surface area contributed by atoms with Crippen molar-refractivity contribution in [2.75, 3.05) is 25.0 Å². The number of hydrogen-bond acceptors (Lipinski definition) is 6. The van der Waals surface area contributed by atoms with Crippen molar-refractivity contribution in [3.8, 4) is 0 Å². The van der Waals surface area contributed by atoms with E-state index >= 15 is 0 Å². The summed E-state index contributed by atoms with van der Waals surface area (Å²) in [6.45, 7) is 2.12. The first-order chi connectivity index (χ1) is 17.6. The molecular weight excluding hydrogens is 478 g/mol. The number of aromatic nitrogens is 4. The minimum Gasteiger partial charge on any atom is -0.361 e. The van der Waals surface area contributed by atoms with Crippen molar-refractivity contribution in [3.05, 3.63) is 76.0 Å². The summed E-state index contributed by atoms with van der Waals surface area (Å²) < 4.78 is 5.72. The fourth-order valence-corrected chi connectivity index (χ4v) is 5.95. The number of carbonyl (C=O) groups is 2. The van der Waals surface area contributed by atoms with Crippen molar-refractivity contribution in [1.82, 2.24) is 29.4 Å². The first-order valence-corrected chi connectivity index (χ1v) is 12.8. The zero-order valence-corrected chi connectivity index (χ0v) is 20.3. The molecule has 3 N–H and O–H groups in total. The molecule has 2 bridgehead atoms. The van der Waals surface area contributed by atoms with Gasteiger partial charge in [-0.3, -0.25) is 14.9 Å². The Bertz CT molecular complexity index is 1510. The van der Waals surface area contributed by atoms with Gasteiger partial charge in [-0.1, -0.05) is 28.8 Å². The molecule has 184 valence electrons. The fourth-order valence-electron chi connectivity index (χ4n) is 5.39. The molecule has 36 heavy (non-hydrogen) atoms. The summed E-state index contributed by atoms with van der Waals surface area (Å²) in [5.74, 6) is -0.0410. The molecule has 2 aliphatic rings. The third-order valence-electron chi connectivity index (χ3n) is 7.05. The first kappa shape index (κ1) is 22.5. The molecule has 0 saturated carbocycles. The van der Waals surface area contributed by atoms with Crippen LogP contribution in [-0.4, -0.2) is 55.6 Å². The Morgan fingerprint density at radius 3 is 2.92 bits per heavy atom. The van der Waals surface area contributed by atoms with Crippen molar-refractivity contribution in [2.45, 2.75) is 25.3 Å². The molecule has 1 aromatic carbocycles. The lowest BCUT2D eigenvalue weighted by molar-refractivity contribution is 0.0950. The van der Waals surface area contributed by atoms with E-state index in [2.05, 4.69) is 25.2 Å². The highest BCUT2D eigenvalue weighted by Crippen LogP contribution is 2.35. The van der Waals surface area contributed by atoms with Gasteiger partial charge in [0.2, 0.25) is 0 Å². The molecule has 3 amide bonds. The number of nitrogens with zero attached hydrogens (tertiary/aromatic N) is 4. The zero-order valence-electron chi connectivity index (χ0n) is 19.4. The van der Waals surface area contributed by atoms with Crippen LogP contribution in [0.15, 0.2) is 53.5 Å². The van der Waals surface area contributed by atoms with E-state index in [1.807, 2.05) is 41.1 Å². The van der Waals surface area contributed by atoms with Gasteiger partial charge in [-0.05, 0) is 36.5 Å². The number of para-hydroxylation sites is 1. The second-order valence-electron chi connectivity index (χ2n) is 9.35. The maximum absolute atomic E-state index is 13.1. The maximum atomic E-state index is 13.1. The van der Waals surface area contributed by atoms with Gasteiger partial charge in [0.15, 0.2) is 10.7 Å². The van der Waals surface area contributed by atoms with Gasteiger partial charge < -0.3 is 19.8 Å². The van der Waals surface area contributed by atoms with E-state index in [1.165, 1.54) is 0 Å². The van der Waals surface area contributed by atoms with Crippen molar-refractivity contribution in [2.24, 2.45) is 5.92 Å². The van der Waals surface area contributed by atoms with Crippen LogP contribution in [0.3, 0.4) is 0 Å². The Balaban J connectivity index is 1.08. The SMILES string of the molecule is O=C(NCCc1c[nH]c2ccccc12)c1nnsc1NC(=O)N1C[C@H]2C[C@H](C1)c1cccc(=O)n1C2. The smallest absolute Gasteiger partial charge is 0.322 e. The van der Waals surface area contributed by atoms with Gasteiger partial charge in [0.1, 0.15) is 0 Å². The van der Waals surface area contributed by atoms with Crippen LogP contribution < -0.4 is 16.2 Å². The predicted octanol–water partition coefficient (Wildman–Crippen LogP) is 2.80. The van der Waals surface area contributed by atoms with Crippen molar-refractivity contribution in [1.29, 1.82) is 0 Å². The summed E-state index contributed by atoms with van der Waals surface area (Å²) in [6, 6.07) is 13.1. The average molecular weight is 504 g/mol. The molecule has 0 spiro atoms. The molecule has 0 aliphatic carbocycles. The fraction of sp³-hybridized carbons (Fsp3) is 0.320. The third kappa shape index (κ3) is 4.15. The van der Waals surface area contributed by atoms with Crippen LogP contribution in [0.5, 0.6) is 0 Å². The van der Waals surface area contributed by atoms with Crippen LogP contribution in [0.25, 0.3) is 10.9 Å². The minimum atomic E-state index is -0.372. The number of likely N-dealkylation sites (tertiary alicyclic amines) is 1. The normalized spacial score (nSPS) is 18.6. The van der Waals surface area contributed by atoms with Gasteiger partial charge in [-0.2, -0.15) is 0 Å². The van der Waals surface area contributed by atoms with Crippen molar-refractivity contribution < 1.29 is 9.59 Å². The lowest BCUT2D eigenvalue weighted by Crippen LogP contribution is -2.50. The molecule has 1 saturated heterocycles. The van der Waals surface area contributed by atoms with E-state index in [1.54, 1.807) is 17.0 Å². The predicted molar refractivity (Wildman–Crippen MR) is 136 cm³/mol.